The van der Waals surface area contributed by atoms with Gasteiger partial charge in [-0.25, -0.2) is 4.68 Å². The Hall–Kier alpha value is -2.25. The first-order valence-electron chi connectivity index (χ1n) is 8.38. The highest BCUT2D eigenvalue weighted by atomic mass is 16.3. The number of benzene rings is 1. The molecule has 7 heteroatoms. The highest BCUT2D eigenvalue weighted by molar-refractivity contribution is 5.94. The fraction of sp³-hybridized carbons (Fsp3) is 0.471. The van der Waals surface area contributed by atoms with E-state index in [4.69, 9.17) is 0 Å². The van der Waals surface area contributed by atoms with Crippen molar-refractivity contribution in [2.45, 2.75) is 25.4 Å². The van der Waals surface area contributed by atoms with E-state index in [1.165, 1.54) is 0 Å². The van der Waals surface area contributed by atoms with Gasteiger partial charge in [0.05, 0.1) is 24.2 Å². The van der Waals surface area contributed by atoms with Crippen LogP contribution < -0.4 is 5.32 Å². The van der Waals surface area contributed by atoms with E-state index in [0.717, 1.165) is 44.6 Å². The molecule has 3 rings (SSSR count). The van der Waals surface area contributed by atoms with Crippen LogP contribution in [0, 0.1) is 0 Å². The summed E-state index contributed by atoms with van der Waals surface area (Å²) < 4.78 is 1.65. The van der Waals surface area contributed by atoms with E-state index in [2.05, 4.69) is 20.5 Å². The van der Waals surface area contributed by atoms with Crippen molar-refractivity contribution in [2.75, 3.05) is 26.2 Å². The van der Waals surface area contributed by atoms with Gasteiger partial charge in [-0.3, -0.25) is 4.79 Å². The standard InChI is InChI=1S/C17H23N5O2/c23-16-6-11-21(12-7-16)10-1-8-18-17(24)14-2-4-15(5-3-14)22-13-9-19-20-22/h2-5,9,13,16,23H,1,6-8,10-12H2,(H,18,24). The molecule has 0 atom stereocenters. The van der Waals surface area contributed by atoms with Crippen LogP contribution in [0.4, 0.5) is 0 Å². The Morgan fingerprint density at radius 3 is 2.67 bits per heavy atom. The van der Waals surface area contributed by atoms with Crippen molar-refractivity contribution in [3.8, 4) is 5.69 Å². The van der Waals surface area contributed by atoms with Gasteiger partial charge in [0, 0.05) is 25.2 Å². The van der Waals surface area contributed by atoms with Gasteiger partial charge in [0.1, 0.15) is 0 Å². The molecule has 1 amide bonds. The van der Waals surface area contributed by atoms with Crippen molar-refractivity contribution >= 4 is 5.91 Å². The summed E-state index contributed by atoms with van der Waals surface area (Å²) in [6, 6.07) is 7.28. The predicted octanol–water partition coefficient (Wildman–Crippen LogP) is 0.844. The number of rotatable bonds is 6. The molecule has 1 aromatic carbocycles. The minimum atomic E-state index is -0.138. The molecular formula is C17H23N5O2. The maximum absolute atomic E-state index is 12.1. The zero-order chi connectivity index (χ0) is 16.8. The first-order valence-corrected chi connectivity index (χ1v) is 8.38. The molecule has 0 bridgehead atoms. The van der Waals surface area contributed by atoms with Crippen LogP contribution in [-0.4, -0.2) is 63.2 Å². The van der Waals surface area contributed by atoms with E-state index in [9.17, 15) is 9.90 Å². The molecule has 0 aliphatic carbocycles. The average Bonchev–Trinajstić information content (AvgIpc) is 3.15. The molecule has 2 aromatic rings. The number of nitrogens with one attached hydrogen (secondary N) is 1. The third kappa shape index (κ3) is 4.39. The lowest BCUT2D eigenvalue weighted by atomic mass is 10.1. The lowest BCUT2D eigenvalue weighted by Crippen LogP contribution is -2.37. The second-order valence-corrected chi connectivity index (χ2v) is 6.08. The summed E-state index contributed by atoms with van der Waals surface area (Å²) >= 11 is 0. The summed E-state index contributed by atoms with van der Waals surface area (Å²) in [7, 11) is 0. The SMILES string of the molecule is O=C(NCCCN1CCC(O)CC1)c1ccc(-n2ccnn2)cc1. The molecule has 1 saturated heterocycles. The zero-order valence-corrected chi connectivity index (χ0v) is 13.6. The Kier molecular flexibility index (Phi) is 5.55. The number of hydrogen-bond acceptors (Lipinski definition) is 5. The fourth-order valence-electron chi connectivity index (χ4n) is 2.86. The van der Waals surface area contributed by atoms with Gasteiger partial charge in [-0.2, -0.15) is 0 Å². The molecule has 1 aliphatic heterocycles. The number of hydrogen-bond donors (Lipinski definition) is 2. The zero-order valence-electron chi connectivity index (χ0n) is 13.6. The minimum Gasteiger partial charge on any atom is -0.393 e. The van der Waals surface area contributed by atoms with Gasteiger partial charge in [-0.15, -0.1) is 5.10 Å². The van der Waals surface area contributed by atoms with E-state index in [-0.39, 0.29) is 12.0 Å². The molecule has 0 radical (unpaired) electrons. The molecule has 2 N–H and O–H groups in total. The average molecular weight is 329 g/mol. The van der Waals surface area contributed by atoms with Gasteiger partial charge in [-0.05, 0) is 50.1 Å². The topological polar surface area (TPSA) is 83.3 Å². The molecule has 2 heterocycles. The van der Waals surface area contributed by atoms with Crippen molar-refractivity contribution in [3.63, 3.8) is 0 Å². The van der Waals surface area contributed by atoms with Crippen LogP contribution in [-0.2, 0) is 0 Å². The smallest absolute Gasteiger partial charge is 0.251 e. The normalized spacial score (nSPS) is 16.2. The van der Waals surface area contributed by atoms with Crippen LogP contribution in [0.5, 0.6) is 0 Å². The summed E-state index contributed by atoms with van der Waals surface area (Å²) in [5.74, 6) is -0.0609. The molecule has 128 valence electrons. The largest absolute Gasteiger partial charge is 0.393 e. The van der Waals surface area contributed by atoms with Crippen molar-refractivity contribution in [2.24, 2.45) is 0 Å². The first kappa shape index (κ1) is 16.6. The Labute approximate surface area is 141 Å². The molecule has 0 unspecified atom stereocenters. The van der Waals surface area contributed by atoms with E-state index < -0.39 is 0 Å². The van der Waals surface area contributed by atoms with Crippen molar-refractivity contribution in [1.29, 1.82) is 0 Å². The van der Waals surface area contributed by atoms with Gasteiger partial charge in [0.15, 0.2) is 0 Å². The van der Waals surface area contributed by atoms with Crippen molar-refractivity contribution in [3.05, 3.63) is 42.2 Å². The first-order chi connectivity index (χ1) is 11.7. The monoisotopic (exact) mass is 329 g/mol. The second kappa shape index (κ2) is 8.03. The van der Waals surface area contributed by atoms with E-state index in [1.807, 2.05) is 12.1 Å². The van der Waals surface area contributed by atoms with Gasteiger partial charge in [0.25, 0.3) is 5.91 Å². The number of aliphatic hydroxyl groups is 1. The molecule has 1 aliphatic rings. The van der Waals surface area contributed by atoms with Crippen LogP contribution in [0.2, 0.25) is 0 Å². The number of likely N-dealkylation sites (tertiary alicyclic amines) is 1. The van der Waals surface area contributed by atoms with E-state index >= 15 is 0 Å². The molecule has 0 saturated carbocycles. The molecule has 24 heavy (non-hydrogen) atoms. The third-order valence-corrected chi connectivity index (χ3v) is 4.31. The summed E-state index contributed by atoms with van der Waals surface area (Å²) in [5, 5.41) is 20.1. The van der Waals surface area contributed by atoms with Gasteiger partial charge in [0.2, 0.25) is 0 Å². The highest BCUT2D eigenvalue weighted by Gasteiger charge is 2.16. The number of piperidine rings is 1. The maximum atomic E-state index is 12.1. The van der Waals surface area contributed by atoms with Gasteiger partial charge >= 0.3 is 0 Å². The Balaban J connectivity index is 1.40. The summed E-state index contributed by atoms with van der Waals surface area (Å²) in [6.45, 7) is 3.50. The molecule has 0 spiro atoms. The molecule has 7 nitrogen and oxygen atoms in total. The molecular weight excluding hydrogens is 306 g/mol. The van der Waals surface area contributed by atoms with Gasteiger partial charge < -0.3 is 15.3 Å². The molecule has 1 fully saturated rings. The van der Waals surface area contributed by atoms with Crippen molar-refractivity contribution in [1.82, 2.24) is 25.2 Å². The summed E-state index contributed by atoms with van der Waals surface area (Å²) in [6.07, 6.45) is 5.85. The third-order valence-electron chi connectivity index (χ3n) is 4.31. The Bertz CT molecular complexity index is 634. The lowest BCUT2D eigenvalue weighted by molar-refractivity contribution is 0.0816. The number of aromatic nitrogens is 3. The number of carbonyl (C=O) groups excluding carboxylic acids is 1. The summed E-state index contributed by atoms with van der Waals surface area (Å²) in [5.41, 5.74) is 1.51. The number of nitrogens with zero attached hydrogens (tertiary/aromatic N) is 4. The highest BCUT2D eigenvalue weighted by Crippen LogP contribution is 2.10. The van der Waals surface area contributed by atoms with Crippen LogP contribution >= 0.6 is 0 Å². The fourth-order valence-corrected chi connectivity index (χ4v) is 2.86. The number of carbonyl (C=O) groups is 1. The molecule has 1 aromatic heterocycles. The quantitative estimate of drug-likeness (QED) is 0.768. The Morgan fingerprint density at radius 2 is 2.00 bits per heavy atom. The number of amides is 1. The lowest BCUT2D eigenvalue weighted by Gasteiger charge is -2.29. The minimum absolute atomic E-state index is 0.0609. The maximum Gasteiger partial charge on any atom is 0.251 e. The Morgan fingerprint density at radius 1 is 1.25 bits per heavy atom. The van der Waals surface area contributed by atoms with E-state index in [1.54, 1.807) is 29.2 Å². The van der Waals surface area contributed by atoms with Crippen LogP contribution in [0.25, 0.3) is 5.69 Å². The summed E-state index contributed by atoms with van der Waals surface area (Å²) in [4.78, 5) is 14.5. The van der Waals surface area contributed by atoms with Crippen LogP contribution in [0.15, 0.2) is 36.7 Å². The van der Waals surface area contributed by atoms with Crippen molar-refractivity contribution < 1.29 is 9.90 Å². The van der Waals surface area contributed by atoms with Crippen LogP contribution in [0.3, 0.4) is 0 Å². The number of aliphatic hydroxyl groups excluding tert-OH is 1. The van der Waals surface area contributed by atoms with Crippen LogP contribution in [0.1, 0.15) is 29.6 Å². The van der Waals surface area contributed by atoms with Gasteiger partial charge in [-0.1, -0.05) is 5.21 Å². The van der Waals surface area contributed by atoms with E-state index in [0.29, 0.717) is 12.1 Å². The predicted molar refractivity (Wildman–Crippen MR) is 90.0 cm³/mol. The second-order valence-electron chi connectivity index (χ2n) is 6.08.